The molecule has 2 amide bonds. The van der Waals surface area contributed by atoms with E-state index in [2.05, 4.69) is 10.3 Å². The highest BCUT2D eigenvalue weighted by Crippen LogP contribution is 2.39. The average Bonchev–Trinajstić information content (AvgIpc) is 3.51. The van der Waals surface area contributed by atoms with E-state index in [-0.39, 0.29) is 28.5 Å². The lowest BCUT2D eigenvalue weighted by atomic mass is 10.1. The normalized spacial score (nSPS) is 13.4. The number of benzene rings is 1. The second-order valence-corrected chi connectivity index (χ2v) is 13.1. The molecule has 0 radical (unpaired) electrons. The Morgan fingerprint density at radius 3 is 2.62 bits per heavy atom. The maximum atomic E-state index is 12.7. The number of sulfone groups is 1. The molecular formula is C25H27N3O8S3. The number of nitrogens with zero attached hydrogens (tertiary/aromatic N) is 2. The van der Waals surface area contributed by atoms with Gasteiger partial charge >= 0.3 is 11.9 Å². The largest absolute Gasteiger partial charge is 0.468 e. The van der Waals surface area contributed by atoms with Gasteiger partial charge in [-0.3, -0.25) is 14.4 Å². The summed E-state index contributed by atoms with van der Waals surface area (Å²) in [6.45, 7) is 3.52. The quantitative estimate of drug-likeness (QED) is 0.372. The van der Waals surface area contributed by atoms with Gasteiger partial charge in [0.1, 0.15) is 23.1 Å². The molecule has 0 saturated heterocycles. The lowest BCUT2D eigenvalue weighted by molar-refractivity contribution is -0.141. The van der Waals surface area contributed by atoms with Gasteiger partial charge in [-0.1, -0.05) is 17.4 Å². The van der Waals surface area contributed by atoms with Crippen LogP contribution in [0, 0.1) is 6.92 Å². The number of hydrogen-bond acceptors (Lipinski definition) is 10. The monoisotopic (exact) mass is 593 g/mol. The summed E-state index contributed by atoms with van der Waals surface area (Å²) >= 11 is 2.36. The van der Waals surface area contributed by atoms with Gasteiger partial charge in [-0.05, 0) is 56.4 Å². The third-order valence-corrected chi connectivity index (χ3v) is 9.56. The molecule has 0 atom stereocenters. The molecule has 0 fully saturated rings. The van der Waals surface area contributed by atoms with Gasteiger partial charge in [-0.15, -0.1) is 11.3 Å². The zero-order valence-electron chi connectivity index (χ0n) is 21.6. The van der Waals surface area contributed by atoms with Crippen LogP contribution in [-0.4, -0.2) is 62.0 Å². The van der Waals surface area contributed by atoms with Crippen LogP contribution < -0.4 is 10.1 Å². The molecule has 0 unspecified atom stereocenters. The number of amides is 2. The van der Waals surface area contributed by atoms with E-state index in [1.165, 1.54) is 23.0 Å². The number of esters is 2. The number of carbonyl (C=O) groups is 4. The highest BCUT2D eigenvalue weighted by atomic mass is 32.2. The molecule has 1 aromatic carbocycles. The van der Waals surface area contributed by atoms with E-state index < -0.39 is 45.1 Å². The standard InChI is InChI=1S/C25H27N3O8S3/c1-4-36-24(32)22-15-6-5-7-17(15)37-23(22)26-19(29)12-39(33,34)13-20(30)27-25-28(11-21(31)35-3)16-9-8-14(2)10-18(16)38-25/h8-10H,4-7,11-13H2,1-3H3,(H,26,29). The molecule has 1 aliphatic rings. The maximum absolute atomic E-state index is 12.7. The number of thiazole rings is 1. The van der Waals surface area contributed by atoms with Crippen molar-refractivity contribution in [1.29, 1.82) is 0 Å². The number of ether oxygens (including phenoxy) is 2. The van der Waals surface area contributed by atoms with Crippen molar-refractivity contribution in [3.8, 4) is 0 Å². The predicted molar refractivity (Wildman–Crippen MR) is 147 cm³/mol. The van der Waals surface area contributed by atoms with Crippen LogP contribution in [0.3, 0.4) is 0 Å². The predicted octanol–water partition coefficient (Wildman–Crippen LogP) is 2.39. The molecule has 3 aromatic rings. The van der Waals surface area contributed by atoms with E-state index in [0.717, 1.165) is 44.9 Å². The number of fused-ring (bicyclic) bond motifs is 2. The van der Waals surface area contributed by atoms with Gasteiger partial charge in [0.2, 0.25) is 5.91 Å². The van der Waals surface area contributed by atoms with Crippen molar-refractivity contribution >= 4 is 71.5 Å². The van der Waals surface area contributed by atoms with E-state index in [9.17, 15) is 27.6 Å². The fourth-order valence-electron chi connectivity index (χ4n) is 4.26. The zero-order chi connectivity index (χ0) is 28.3. The van der Waals surface area contributed by atoms with Crippen LogP contribution >= 0.6 is 22.7 Å². The van der Waals surface area contributed by atoms with Gasteiger partial charge < -0.3 is 19.4 Å². The van der Waals surface area contributed by atoms with E-state index >= 15 is 0 Å². The molecule has 0 spiro atoms. The summed E-state index contributed by atoms with van der Waals surface area (Å²) < 4.78 is 37.5. The van der Waals surface area contributed by atoms with Gasteiger partial charge in [0.05, 0.1) is 29.5 Å². The summed E-state index contributed by atoms with van der Waals surface area (Å²) in [5.41, 5.74) is 2.69. The van der Waals surface area contributed by atoms with Crippen LogP contribution in [0.4, 0.5) is 5.00 Å². The smallest absolute Gasteiger partial charge is 0.341 e. The summed E-state index contributed by atoms with van der Waals surface area (Å²) in [4.78, 5) is 54.8. The van der Waals surface area contributed by atoms with Crippen molar-refractivity contribution in [2.75, 3.05) is 30.5 Å². The van der Waals surface area contributed by atoms with Crippen LogP contribution in [0.2, 0.25) is 0 Å². The Labute approximate surface area is 232 Å². The number of hydrogen-bond donors (Lipinski definition) is 1. The Morgan fingerprint density at radius 1 is 1.13 bits per heavy atom. The minimum atomic E-state index is -4.20. The average molecular weight is 594 g/mol. The van der Waals surface area contributed by atoms with Gasteiger partial charge in [0, 0.05) is 4.88 Å². The third kappa shape index (κ3) is 6.62. The van der Waals surface area contributed by atoms with E-state index in [1.807, 2.05) is 19.1 Å². The molecule has 4 rings (SSSR count). The molecular weight excluding hydrogens is 566 g/mol. The number of methoxy groups -OCH3 is 1. The van der Waals surface area contributed by atoms with Crippen LogP contribution in [0.15, 0.2) is 23.2 Å². The minimum Gasteiger partial charge on any atom is -0.468 e. The Morgan fingerprint density at radius 2 is 1.90 bits per heavy atom. The van der Waals surface area contributed by atoms with Gasteiger partial charge in [0.25, 0.3) is 5.91 Å². The minimum absolute atomic E-state index is 0.137. The summed E-state index contributed by atoms with van der Waals surface area (Å²) in [5.74, 6) is -4.94. The van der Waals surface area contributed by atoms with Crippen molar-refractivity contribution < 1.29 is 37.1 Å². The summed E-state index contributed by atoms with van der Waals surface area (Å²) in [6.07, 6.45) is 2.34. The second-order valence-electron chi connectivity index (χ2n) is 8.89. The van der Waals surface area contributed by atoms with Crippen molar-refractivity contribution in [3.05, 3.63) is 44.6 Å². The molecule has 11 nitrogen and oxygen atoms in total. The molecule has 0 saturated carbocycles. The maximum Gasteiger partial charge on any atom is 0.341 e. The molecule has 1 N–H and O–H groups in total. The highest BCUT2D eigenvalue weighted by molar-refractivity contribution is 7.92. The number of thiophene rings is 1. The number of anilines is 1. The molecule has 2 heterocycles. The first kappa shape index (κ1) is 28.6. The topological polar surface area (TPSA) is 150 Å². The highest BCUT2D eigenvalue weighted by Gasteiger charge is 2.29. The van der Waals surface area contributed by atoms with E-state index in [4.69, 9.17) is 9.47 Å². The molecule has 2 aromatic heterocycles. The summed E-state index contributed by atoms with van der Waals surface area (Å²) in [6, 6.07) is 5.48. The zero-order valence-corrected chi connectivity index (χ0v) is 24.0. The first-order valence-corrected chi connectivity index (χ1v) is 15.5. The SMILES string of the molecule is CCOC(=O)c1c(NC(=O)CS(=O)(=O)CC(=O)N=c2sc3cc(C)ccc3n2CC(=O)OC)sc2c1CCC2. The number of aromatic nitrogens is 1. The number of nitrogens with one attached hydrogen (secondary N) is 1. The molecule has 14 heteroatoms. The lowest BCUT2D eigenvalue weighted by Gasteiger charge is -2.08. The van der Waals surface area contributed by atoms with Crippen LogP contribution in [-0.2, 0) is 53.1 Å². The Bertz CT molecular complexity index is 1650. The summed E-state index contributed by atoms with van der Waals surface area (Å²) in [5, 5.41) is 2.77. The fourth-order valence-corrected chi connectivity index (χ4v) is 7.72. The molecule has 208 valence electrons. The Balaban J connectivity index is 1.51. The first-order valence-electron chi connectivity index (χ1n) is 12.1. The third-order valence-electron chi connectivity index (χ3n) is 5.92. The molecule has 39 heavy (non-hydrogen) atoms. The molecule has 1 aliphatic carbocycles. The van der Waals surface area contributed by atoms with Crippen molar-refractivity contribution in [2.24, 2.45) is 4.99 Å². The Kier molecular flexibility index (Phi) is 8.67. The van der Waals surface area contributed by atoms with Gasteiger partial charge in [-0.2, -0.15) is 4.99 Å². The Hall–Kier alpha value is -3.36. The summed E-state index contributed by atoms with van der Waals surface area (Å²) in [7, 11) is -2.96. The first-order chi connectivity index (χ1) is 18.5. The second kappa shape index (κ2) is 11.8. The molecule has 0 aliphatic heterocycles. The van der Waals surface area contributed by atoms with Crippen LogP contribution in [0.5, 0.6) is 0 Å². The van der Waals surface area contributed by atoms with E-state index in [1.54, 1.807) is 13.0 Å². The van der Waals surface area contributed by atoms with Crippen LogP contribution in [0.25, 0.3) is 10.2 Å². The number of aryl methyl sites for hydroxylation is 2. The fraction of sp³-hybridized carbons (Fsp3) is 0.400. The van der Waals surface area contributed by atoms with Gasteiger partial charge in [0.15, 0.2) is 14.6 Å². The van der Waals surface area contributed by atoms with Gasteiger partial charge in [-0.25, -0.2) is 13.2 Å². The number of rotatable bonds is 9. The van der Waals surface area contributed by atoms with Crippen molar-refractivity contribution in [2.45, 2.75) is 39.7 Å². The lowest BCUT2D eigenvalue weighted by Crippen LogP contribution is -2.29. The van der Waals surface area contributed by atoms with Crippen molar-refractivity contribution in [3.63, 3.8) is 0 Å². The number of carbonyl (C=O) groups excluding carboxylic acids is 4. The van der Waals surface area contributed by atoms with Crippen LogP contribution in [0.1, 0.15) is 39.7 Å². The van der Waals surface area contributed by atoms with E-state index in [0.29, 0.717) is 11.9 Å². The van der Waals surface area contributed by atoms with Crippen molar-refractivity contribution in [1.82, 2.24) is 4.57 Å². The molecule has 0 bridgehead atoms.